The van der Waals surface area contributed by atoms with Crippen molar-refractivity contribution in [3.05, 3.63) is 35.0 Å². The first-order valence-corrected chi connectivity index (χ1v) is 6.72. The molecule has 7 nitrogen and oxygen atoms in total. The molecule has 0 aliphatic carbocycles. The number of carbonyl (C=O) groups is 2. The summed E-state index contributed by atoms with van der Waals surface area (Å²) in [5.74, 6) is 0.360. The first-order valence-electron chi connectivity index (χ1n) is 6.34. The molecule has 116 valence electrons. The summed E-state index contributed by atoms with van der Waals surface area (Å²) in [5, 5.41) is 9.00. The Labute approximate surface area is 131 Å². The zero-order valence-corrected chi connectivity index (χ0v) is 12.7. The summed E-state index contributed by atoms with van der Waals surface area (Å²) in [6.45, 7) is 1.70. The number of hydrogen-bond donors (Lipinski definition) is 2. The van der Waals surface area contributed by atoms with Crippen LogP contribution in [0.5, 0.6) is 5.75 Å². The van der Waals surface area contributed by atoms with Gasteiger partial charge in [0.2, 0.25) is 11.8 Å². The van der Waals surface area contributed by atoms with Gasteiger partial charge in [-0.1, -0.05) is 16.8 Å². The summed E-state index contributed by atoms with van der Waals surface area (Å²) in [5.41, 5.74) is 0.473. The Hall–Kier alpha value is -2.54. The van der Waals surface area contributed by atoms with Gasteiger partial charge >= 0.3 is 0 Å². The number of anilines is 2. The zero-order valence-electron chi connectivity index (χ0n) is 12.0. The van der Waals surface area contributed by atoms with Crippen molar-refractivity contribution in [1.82, 2.24) is 5.16 Å². The van der Waals surface area contributed by atoms with Crippen LogP contribution in [0.4, 0.5) is 11.5 Å². The quantitative estimate of drug-likeness (QED) is 0.825. The number of methoxy groups -OCH3 is 1. The van der Waals surface area contributed by atoms with Crippen LogP contribution in [0, 0.1) is 6.92 Å². The first-order chi connectivity index (χ1) is 10.5. The van der Waals surface area contributed by atoms with Crippen LogP contribution in [0.1, 0.15) is 12.2 Å². The second kappa shape index (κ2) is 6.95. The highest BCUT2D eigenvalue weighted by Gasteiger charge is 2.12. The Kier molecular flexibility index (Phi) is 5.00. The van der Waals surface area contributed by atoms with Crippen molar-refractivity contribution in [3.63, 3.8) is 0 Å². The Morgan fingerprint density at radius 2 is 2.00 bits per heavy atom. The van der Waals surface area contributed by atoms with E-state index in [2.05, 4.69) is 15.8 Å². The fourth-order valence-corrected chi connectivity index (χ4v) is 1.97. The minimum absolute atomic E-state index is 0.266. The highest BCUT2D eigenvalue weighted by Crippen LogP contribution is 2.27. The minimum Gasteiger partial charge on any atom is -0.495 e. The van der Waals surface area contributed by atoms with E-state index in [1.807, 2.05) is 0 Å². The van der Waals surface area contributed by atoms with Gasteiger partial charge < -0.3 is 19.9 Å². The predicted octanol–water partition coefficient (Wildman–Crippen LogP) is 2.61. The van der Waals surface area contributed by atoms with Crippen molar-refractivity contribution in [2.75, 3.05) is 17.7 Å². The molecule has 1 heterocycles. The SMILES string of the molecule is COc1ccc(NC(=O)CC(=O)Nc2cc(C)on2)cc1Cl. The van der Waals surface area contributed by atoms with E-state index in [-0.39, 0.29) is 12.2 Å². The Bertz CT molecular complexity index is 699. The van der Waals surface area contributed by atoms with Gasteiger partial charge in [0.25, 0.3) is 0 Å². The predicted molar refractivity (Wildman–Crippen MR) is 81.1 cm³/mol. The van der Waals surface area contributed by atoms with Crippen molar-refractivity contribution in [1.29, 1.82) is 0 Å². The van der Waals surface area contributed by atoms with Gasteiger partial charge in [-0.2, -0.15) is 0 Å². The van der Waals surface area contributed by atoms with E-state index in [1.165, 1.54) is 13.2 Å². The number of nitrogens with zero attached hydrogens (tertiary/aromatic N) is 1. The maximum absolute atomic E-state index is 11.8. The Morgan fingerprint density at radius 1 is 1.27 bits per heavy atom. The van der Waals surface area contributed by atoms with Crippen LogP contribution in [0.3, 0.4) is 0 Å². The van der Waals surface area contributed by atoms with E-state index < -0.39 is 11.8 Å². The van der Waals surface area contributed by atoms with Crippen LogP contribution in [0.25, 0.3) is 0 Å². The molecule has 8 heteroatoms. The number of amides is 2. The van der Waals surface area contributed by atoms with Crippen molar-refractivity contribution in [2.24, 2.45) is 0 Å². The van der Waals surface area contributed by atoms with Crippen LogP contribution in [-0.4, -0.2) is 24.1 Å². The lowest BCUT2D eigenvalue weighted by Crippen LogP contribution is -2.21. The smallest absolute Gasteiger partial charge is 0.235 e. The van der Waals surface area contributed by atoms with Crippen LogP contribution in [0.2, 0.25) is 5.02 Å². The number of benzene rings is 1. The normalized spacial score (nSPS) is 10.1. The number of aryl methyl sites for hydroxylation is 1. The average molecular weight is 324 g/mol. The van der Waals surface area contributed by atoms with E-state index in [0.29, 0.717) is 22.2 Å². The zero-order chi connectivity index (χ0) is 16.1. The molecule has 0 saturated heterocycles. The molecule has 22 heavy (non-hydrogen) atoms. The van der Waals surface area contributed by atoms with Gasteiger partial charge in [0.1, 0.15) is 17.9 Å². The molecule has 2 N–H and O–H groups in total. The third kappa shape index (κ3) is 4.23. The van der Waals surface area contributed by atoms with Gasteiger partial charge in [0.15, 0.2) is 5.82 Å². The lowest BCUT2D eigenvalue weighted by Gasteiger charge is -2.07. The second-order valence-corrected chi connectivity index (χ2v) is 4.85. The molecule has 2 rings (SSSR count). The van der Waals surface area contributed by atoms with Crippen molar-refractivity contribution in [2.45, 2.75) is 13.3 Å². The molecular weight excluding hydrogens is 310 g/mol. The molecule has 1 aromatic carbocycles. The Balaban J connectivity index is 1.89. The summed E-state index contributed by atoms with van der Waals surface area (Å²) in [6, 6.07) is 6.34. The monoisotopic (exact) mass is 323 g/mol. The van der Waals surface area contributed by atoms with Crippen LogP contribution < -0.4 is 15.4 Å². The van der Waals surface area contributed by atoms with Gasteiger partial charge in [-0.3, -0.25) is 9.59 Å². The standard InChI is InChI=1S/C14H14ClN3O4/c1-8-5-12(18-22-8)17-14(20)7-13(19)16-9-3-4-11(21-2)10(15)6-9/h3-6H,7H2,1-2H3,(H,16,19)(H,17,18,20). The van der Waals surface area contributed by atoms with Gasteiger partial charge in [-0.05, 0) is 25.1 Å². The molecule has 0 unspecified atom stereocenters. The second-order valence-electron chi connectivity index (χ2n) is 4.45. The maximum Gasteiger partial charge on any atom is 0.235 e. The summed E-state index contributed by atoms with van der Waals surface area (Å²) < 4.78 is 9.82. The number of nitrogens with one attached hydrogen (secondary N) is 2. The molecular formula is C14H14ClN3O4. The van der Waals surface area contributed by atoms with E-state index in [1.54, 1.807) is 25.1 Å². The van der Waals surface area contributed by atoms with E-state index in [0.717, 1.165) is 0 Å². The van der Waals surface area contributed by atoms with Crippen LogP contribution in [-0.2, 0) is 9.59 Å². The fourth-order valence-electron chi connectivity index (χ4n) is 1.71. The van der Waals surface area contributed by atoms with Crippen molar-refractivity contribution in [3.8, 4) is 5.75 Å². The minimum atomic E-state index is -0.495. The van der Waals surface area contributed by atoms with Gasteiger partial charge in [-0.25, -0.2) is 0 Å². The number of rotatable bonds is 5. The molecule has 0 spiro atoms. The van der Waals surface area contributed by atoms with Gasteiger partial charge in [-0.15, -0.1) is 0 Å². The van der Waals surface area contributed by atoms with Gasteiger partial charge in [0, 0.05) is 11.8 Å². The van der Waals surface area contributed by atoms with E-state index >= 15 is 0 Å². The van der Waals surface area contributed by atoms with Crippen LogP contribution >= 0.6 is 11.6 Å². The largest absolute Gasteiger partial charge is 0.495 e. The van der Waals surface area contributed by atoms with Crippen molar-refractivity contribution >= 4 is 34.9 Å². The topological polar surface area (TPSA) is 93.5 Å². The summed E-state index contributed by atoms with van der Waals surface area (Å²) in [7, 11) is 1.50. The van der Waals surface area contributed by atoms with Crippen molar-refractivity contribution < 1.29 is 18.8 Å². The molecule has 1 aromatic heterocycles. The summed E-state index contributed by atoms with van der Waals surface area (Å²) in [6.07, 6.45) is -0.352. The number of ether oxygens (including phenoxy) is 1. The third-order valence-electron chi connectivity index (χ3n) is 2.65. The molecule has 0 atom stereocenters. The summed E-state index contributed by atoms with van der Waals surface area (Å²) in [4.78, 5) is 23.5. The Morgan fingerprint density at radius 3 is 2.59 bits per heavy atom. The lowest BCUT2D eigenvalue weighted by molar-refractivity contribution is -0.123. The average Bonchev–Trinajstić information content (AvgIpc) is 2.83. The number of aromatic nitrogens is 1. The number of halogens is 1. The molecule has 0 saturated carbocycles. The highest BCUT2D eigenvalue weighted by atomic mass is 35.5. The first kappa shape index (κ1) is 15.8. The highest BCUT2D eigenvalue weighted by molar-refractivity contribution is 6.32. The maximum atomic E-state index is 11.8. The molecule has 0 fully saturated rings. The van der Waals surface area contributed by atoms with Gasteiger partial charge in [0.05, 0.1) is 12.1 Å². The molecule has 0 aliphatic rings. The van der Waals surface area contributed by atoms with E-state index in [9.17, 15) is 9.59 Å². The molecule has 0 bridgehead atoms. The number of hydrogen-bond acceptors (Lipinski definition) is 5. The molecule has 2 aromatic rings. The number of carbonyl (C=O) groups excluding carboxylic acids is 2. The van der Waals surface area contributed by atoms with E-state index in [4.69, 9.17) is 20.9 Å². The summed E-state index contributed by atoms with van der Waals surface area (Å²) >= 11 is 5.95. The van der Waals surface area contributed by atoms with Crippen LogP contribution in [0.15, 0.2) is 28.8 Å². The molecule has 2 amide bonds. The molecule has 0 radical (unpaired) electrons. The lowest BCUT2D eigenvalue weighted by atomic mass is 10.3. The third-order valence-corrected chi connectivity index (χ3v) is 2.95. The fraction of sp³-hybridized carbons (Fsp3) is 0.214. The molecule has 0 aliphatic heterocycles.